The molecular weight excluding hydrogens is 1800 g/mol. The van der Waals surface area contributed by atoms with Crippen LogP contribution in [-0.2, 0) is 53.4 Å². The number of carbonyl (C=O) groups is 5. The van der Waals surface area contributed by atoms with Gasteiger partial charge >= 0.3 is 30.2 Å². The van der Waals surface area contributed by atoms with Crippen LogP contribution in [-0.4, -0.2) is 177 Å². The molecule has 135 heavy (non-hydrogen) atoms. The van der Waals surface area contributed by atoms with Crippen molar-refractivity contribution in [2.24, 2.45) is 5.73 Å². The molecule has 35 nitrogen and oxygen atoms in total. The highest BCUT2D eigenvalue weighted by Crippen LogP contribution is 2.34. The lowest BCUT2D eigenvalue weighted by atomic mass is 10.1. The molecule has 704 valence electrons. The molecule has 0 aliphatic carbocycles. The van der Waals surface area contributed by atoms with Gasteiger partial charge in [-0.25, -0.2) is 43.9 Å². The van der Waals surface area contributed by atoms with E-state index in [2.05, 4.69) is 62.0 Å². The van der Waals surface area contributed by atoms with Gasteiger partial charge in [0.25, 0.3) is 22.2 Å². The first-order chi connectivity index (χ1) is 64.5. The molecule has 1 unspecified atom stereocenters. The van der Waals surface area contributed by atoms with E-state index in [0.717, 1.165) is 109 Å². The SMILES string of the molecule is CC(C)(C)OC(=O)N[C@@H]1CCCN(c2nc3c(C(=O)O)csc3c(=O)n2Cc2ccccc2C#N)C1.CC(C)(C)OC(=O)N[C@@H]1CCCN(c2nc3c(CO)csc3c(=O)n2Cc2ccccc2C#N)C1.CCc1csc2c(=O)n(Cc3ccccc3C#N)c(N3CCCC(NC(=O)OC(C)(C)C)C3)nc12.N#Cc1ccccc1Cn1c(N2CCC[C@@H](N)C2)nc2c(C(=O)O)csc2c1=O. The van der Waals surface area contributed by atoms with Gasteiger partial charge in [-0.05, 0) is 183 Å². The third-order valence-corrected chi connectivity index (χ3v) is 26.6. The Morgan fingerprint density at radius 3 is 0.956 bits per heavy atom. The Morgan fingerprint density at radius 1 is 0.407 bits per heavy atom. The predicted molar refractivity (Wildman–Crippen MR) is 519 cm³/mol. The van der Waals surface area contributed by atoms with Crippen LogP contribution in [0.5, 0.6) is 0 Å². The molecule has 8 aromatic heterocycles. The molecule has 0 saturated carbocycles. The second kappa shape index (κ2) is 43.0. The van der Waals surface area contributed by atoms with E-state index in [9.17, 15) is 79.5 Å². The molecule has 4 saturated heterocycles. The Labute approximate surface area is 793 Å². The van der Waals surface area contributed by atoms with Crippen molar-refractivity contribution in [2.75, 3.05) is 72.0 Å². The van der Waals surface area contributed by atoms with Crippen molar-refractivity contribution in [3.63, 3.8) is 0 Å². The van der Waals surface area contributed by atoms with E-state index in [4.69, 9.17) is 29.9 Å². The number of aliphatic hydroxyl groups excluding tert-OH is 1. The van der Waals surface area contributed by atoms with Crippen molar-refractivity contribution in [3.8, 4) is 24.3 Å². The van der Waals surface area contributed by atoms with E-state index in [-0.39, 0.29) is 106 Å². The molecule has 0 bridgehead atoms. The number of benzene rings is 4. The van der Waals surface area contributed by atoms with Gasteiger partial charge in [0.15, 0.2) is 0 Å². The monoisotopic (exact) mass is 1910 g/mol. The fourth-order valence-electron chi connectivity index (χ4n) is 16.4. The fraction of sp³-hybridized carbons (Fsp3) is 0.406. The summed E-state index contributed by atoms with van der Waals surface area (Å²) in [4.78, 5) is 142. The molecule has 3 amide bonds. The number of anilines is 4. The molecule has 0 spiro atoms. The van der Waals surface area contributed by atoms with E-state index < -0.39 is 47.0 Å². The van der Waals surface area contributed by atoms with Crippen molar-refractivity contribution in [1.29, 1.82) is 21.0 Å². The number of carboxylic acid groups (broad SMARTS) is 2. The lowest BCUT2D eigenvalue weighted by molar-refractivity contribution is 0.0488. The first-order valence-corrected chi connectivity index (χ1v) is 47.8. The summed E-state index contributed by atoms with van der Waals surface area (Å²) >= 11 is 4.79. The smallest absolute Gasteiger partial charge is 0.407 e. The number of nitrogens with one attached hydrogen (secondary N) is 3. The third-order valence-electron chi connectivity index (χ3n) is 22.7. The van der Waals surface area contributed by atoms with Gasteiger partial charge in [-0.3, -0.25) is 37.4 Å². The number of piperidine rings is 4. The van der Waals surface area contributed by atoms with E-state index in [1.54, 1.807) is 95.9 Å². The number of aromatic carboxylic acids is 2. The average Bonchev–Trinajstić information content (AvgIpc) is 1.66. The summed E-state index contributed by atoms with van der Waals surface area (Å²) < 4.78 is 24.1. The molecule has 4 aliphatic rings. The number of rotatable bonds is 19. The van der Waals surface area contributed by atoms with E-state index in [1.165, 1.54) is 42.6 Å². The maximum atomic E-state index is 13.7. The van der Waals surface area contributed by atoms with Crippen LogP contribution in [0.1, 0.15) is 197 Å². The van der Waals surface area contributed by atoms with Crippen LogP contribution in [0, 0.1) is 45.3 Å². The van der Waals surface area contributed by atoms with Crippen molar-refractivity contribution in [1.82, 2.24) is 54.2 Å². The lowest BCUT2D eigenvalue weighted by Crippen LogP contribution is -2.50. The summed E-state index contributed by atoms with van der Waals surface area (Å²) in [5, 5.41) is 82.3. The fourth-order valence-corrected chi connectivity index (χ4v) is 20.3. The highest BCUT2D eigenvalue weighted by atomic mass is 32.1. The minimum atomic E-state index is -1.16. The Kier molecular flexibility index (Phi) is 31.4. The topological polar surface area (TPSA) is 484 Å². The molecule has 4 aliphatic heterocycles. The quantitative estimate of drug-likeness (QED) is 0.0370. The van der Waals surface area contributed by atoms with Crippen LogP contribution < -0.4 is 63.5 Å². The first-order valence-electron chi connectivity index (χ1n) is 44.3. The number of carboxylic acids is 2. The second-order valence-electron chi connectivity index (χ2n) is 36.1. The molecule has 4 atom stereocenters. The molecule has 4 aromatic carbocycles. The normalized spacial score (nSPS) is 16.2. The largest absolute Gasteiger partial charge is 0.478 e. The van der Waals surface area contributed by atoms with Crippen LogP contribution in [0.2, 0.25) is 0 Å². The Balaban J connectivity index is 0.000000153. The van der Waals surface area contributed by atoms with Crippen molar-refractivity contribution < 1.29 is 53.5 Å². The zero-order chi connectivity index (χ0) is 96.9. The highest BCUT2D eigenvalue weighted by Gasteiger charge is 2.35. The Morgan fingerprint density at radius 2 is 0.674 bits per heavy atom. The molecular formula is C96H106N20O15S4. The van der Waals surface area contributed by atoms with Crippen molar-refractivity contribution in [2.45, 2.75) is 201 Å². The van der Waals surface area contributed by atoms with Gasteiger partial charge in [0.2, 0.25) is 23.8 Å². The van der Waals surface area contributed by atoms with Crippen LogP contribution >= 0.6 is 45.3 Å². The van der Waals surface area contributed by atoms with Gasteiger partial charge in [-0.1, -0.05) is 79.7 Å². The van der Waals surface area contributed by atoms with E-state index >= 15 is 0 Å². The molecule has 16 rings (SSSR count). The number of alkyl carbamates (subject to hydrolysis) is 3. The number of ether oxygens (including phenoxy) is 3. The molecule has 8 N–H and O–H groups in total. The van der Waals surface area contributed by atoms with Gasteiger partial charge in [-0.15, -0.1) is 45.3 Å². The lowest BCUT2D eigenvalue weighted by Gasteiger charge is -2.35. The highest BCUT2D eigenvalue weighted by molar-refractivity contribution is 7.18. The van der Waals surface area contributed by atoms with E-state index in [0.29, 0.717) is 128 Å². The summed E-state index contributed by atoms with van der Waals surface area (Å²) in [7, 11) is 0. The van der Waals surface area contributed by atoms with E-state index in [1.807, 2.05) is 98.0 Å². The number of aliphatic hydroxyl groups is 1. The van der Waals surface area contributed by atoms with Gasteiger partial charge in [-0.2, -0.15) is 21.0 Å². The Hall–Kier alpha value is -13.9. The maximum absolute atomic E-state index is 13.7. The maximum Gasteiger partial charge on any atom is 0.407 e. The molecule has 12 aromatic rings. The zero-order valence-corrected chi connectivity index (χ0v) is 79.8. The van der Waals surface area contributed by atoms with Crippen LogP contribution in [0.25, 0.3) is 40.9 Å². The van der Waals surface area contributed by atoms with Crippen molar-refractivity contribution in [3.05, 3.63) is 227 Å². The summed E-state index contributed by atoms with van der Waals surface area (Å²) in [6.45, 7) is 23.4. The third kappa shape index (κ3) is 23.8. The Bertz CT molecular complexity index is 6700. The summed E-state index contributed by atoms with van der Waals surface area (Å²) in [6, 6.07) is 36.7. The summed E-state index contributed by atoms with van der Waals surface area (Å²) in [5.74, 6) is -0.548. The molecule has 39 heteroatoms. The van der Waals surface area contributed by atoms with Gasteiger partial charge in [0.05, 0.1) is 101 Å². The average molecular weight is 1910 g/mol. The summed E-state index contributed by atoms with van der Waals surface area (Å²) in [5.41, 5.74) is 11.3. The number of hydrogen-bond donors (Lipinski definition) is 7. The summed E-state index contributed by atoms with van der Waals surface area (Å²) in [6.07, 6.45) is 5.76. The van der Waals surface area contributed by atoms with Gasteiger partial charge in [0.1, 0.15) is 46.6 Å². The van der Waals surface area contributed by atoms with Crippen LogP contribution in [0.15, 0.2) is 138 Å². The number of fused-ring (bicyclic) bond motifs is 4. The molecule has 4 fully saturated rings. The number of aromatic nitrogens is 8. The number of aryl methyl sites for hydroxylation is 1. The number of amides is 3. The number of nitrogens with zero attached hydrogens (tertiary/aromatic N) is 16. The minimum absolute atomic E-state index is 0.0224. The molecule has 12 heterocycles. The number of nitrogens with two attached hydrogens (primary N) is 1. The minimum Gasteiger partial charge on any atom is -0.478 e. The number of nitriles is 4. The first kappa shape index (κ1) is 98.6. The van der Waals surface area contributed by atoms with Crippen LogP contribution in [0.3, 0.4) is 0 Å². The number of thiophene rings is 4. The number of hydrogen-bond acceptors (Lipinski definition) is 30. The van der Waals surface area contributed by atoms with Crippen molar-refractivity contribution >= 4 is 140 Å². The van der Waals surface area contributed by atoms with Crippen LogP contribution in [0.4, 0.5) is 38.2 Å². The standard InChI is InChI=1S/C26H31N5O3S.C25H27N5O5S.C25H29N5O4S.C20H19N5O3S/c1-5-17-16-35-22-21(17)29-24(31(23(22)32)14-19-10-7-6-9-18(19)13-27)30-12-8-11-20(15-30)28-25(33)34-26(2,3)4;1-25(2,3)35-24(34)27-17-9-6-10-29(13-17)23-28-19-18(22(32)33)14-36-20(19)21(31)30(23)12-16-8-5-4-7-15(16)11-26;1-25(2,3)34-24(33)27-19-9-6-10-29(13-19)23-28-20-18(14-31)15-35-21(20)22(32)30(23)12-17-8-5-4-7-16(17)11-26;21-8-12-4-1-2-5-13(12)9-25-18(26)17-16(15(11-29-17)19(27)28)23-20(25)24-7-3-6-14(22)10-24/h6-7,9-10,16,20H,5,8,11-12,14-15H2,1-4H3,(H,28,33);4-5,7-8,14,17H,6,9-10,12-13H2,1-3H3,(H,27,34)(H,32,33);4-5,7-8,15,19,31H,6,9-10,12-14H2,1-3H3,(H,27,33);1-2,4-5,11,14H,3,6-7,9-10,22H2,(H,27,28)/t;17-;19-;14-/m.111/s1. The zero-order valence-electron chi connectivity index (χ0n) is 76.5. The predicted octanol–water partition coefficient (Wildman–Crippen LogP) is 13.4. The second-order valence-corrected chi connectivity index (χ2v) is 39.6. The number of carbonyl (C=O) groups excluding carboxylic acids is 3. The molecule has 0 radical (unpaired) electrons. The van der Waals surface area contributed by atoms with Gasteiger partial charge < -0.3 is 70.8 Å². The van der Waals surface area contributed by atoms with Gasteiger partial charge in [0, 0.05) is 92.8 Å².